The molecule has 1 saturated heterocycles. The number of amides is 1. The number of methoxy groups -OCH3 is 1. The van der Waals surface area contributed by atoms with Crippen molar-refractivity contribution in [3.05, 3.63) is 23.8 Å². The standard InChI is InChI=1S/C11H11N3O3S/c1-17-8-3-2-7(9(15)4-8)5-12-14-11-13-10(16)6-18-11/h2-5,15H,6H2,1H3,(H,13,14,16). The van der Waals surface area contributed by atoms with Crippen LogP contribution in [-0.4, -0.2) is 35.3 Å². The molecule has 1 aromatic carbocycles. The van der Waals surface area contributed by atoms with Gasteiger partial charge >= 0.3 is 0 Å². The second-order valence-electron chi connectivity index (χ2n) is 3.41. The number of carbonyl (C=O) groups is 1. The van der Waals surface area contributed by atoms with Crippen molar-refractivity contribution in [2.45, 2.75) is 0 Å². The first-order valence-corrected chi connectivity index (χ1v) is 6.08. The van der Waals surface area contributed by atoms with Gasteiger partial charge in [-0.1, -0.05) is 11.8 Å². The van der Waals surface area contributed by atoms with E-state index in [0.717, 1.165) is 0 Å². The molecule has 1 amide bonds. The monoisotopic (exact) mass is 265 g/mol. The first kappa shape index (κ1) is 12.4. The van der Waals surface area contributed by atoms with Gasteiger partial charge in [-0.25, -0.2) is 0 Å². The highest BCUT2D eigenvalue weighted by Gasteiger charge is 2.15. The first-order chi connectivity index (χ1) is 8.69. The molecule has 0 saturated carbocycles. The van der Waals surface area contributed by atoms with Gasteiger partial charge < -0.3 is 15.2 Å². The van der Waals surface area contributed by atoms with Gasteiger partial charge in [0.2, 0.25) is 5.91 Å². The molecule has 1 aliphatic heterocycles. The topological polar surface area (TPSA) is 83.3 Å². The molecule has 1 aliphatic rings. The van der Waals surface area contributed by atoms with Crippen molar-refractivity contribution in [1.82, 2.24) is 5.32 Å². The number of nitrogens with one attached hydrogen (secondary N) is 1. The summed E-state index contributed by atoms with van der Waals surface area (Å²) in [5, 5.41) is 20.3. The number of benzene rings is 1. The van der Waals surface area contributed by atoms with Crippen LogP contribution in [0.3, 0.4) is 0 Å². The van der Waals surface area contributed by atoms with E-state index in [1.54, 1.807) is 12.1 Å². The molecule has 1 aromatic rings. The largest absolute Gasteiger partial charge is 0.507 e. The maximum absolute atomic E-state index is 10.9. The van der Waals surface area contributed by atoms with E-state index in [2.05, 4.69) is 15.5 Å². The summed E-state index contributed by atoms with van der Waals surface area (Å²) in [6.45, 7) is 0. The maximum Gasteiger partial charge on any atom is 0.236 e. The number of nitrogens with zero attached hydrogens (tertiary/aromatic N) is 2. The van der Waals surface area contributed by atoms with Crippen molar-refractivity contribution < 1.29 is 14.6 Å². The van der Waals surface area contributed by atoms with Crippen molar-refractivity contribution in [3.8, 4) is 11.5 Å². The fraction of sp³-hybridized carbons (Fsp3) is 0.182. The summed E-state index contributed by atoms with van der Waals surface area (Å²) in [5.41, 5.74) is 0.523. The van der Waals surface area contributed by atoms with Crippen LogP contribution in [0.5, 0.6) is 11.5 Å². The van der Waals surface area contributed by atoms with E-state index in [9.17, 15) is 9.90 Å². The van der Waals surface area contributed by atoms with E-state index in [4.69, 9.17) is 4.74 Å². The van der Waals surface area contributed by atoms with Crippen molar-refractivity contribution >= 4 is 29.1 Å². The zero-order chi connectivity index (χ0) is 13.0. The summed E-state index contributed by atoms with van der Waals surface area (Å²) in [4.78, 5) is 10.9. The minimum atomic E-state index is -0.0822. The van der Waals surface area contributed by atoms with Crippen LogP contribution in [0.15, 0.2) is 28.4 Å². The summed E-state index contributed by atoms with van der Waals surface area (Å²) < 4.78 is 4.96. The normalized spacial score (nSPS) is 17.4. The van der Waals surface area contributed by atoms with E-state index in [1.807, 2.05) is 0 Å². The molecule has 0 unspecified atom stereocenters. The molecule has 0 atom stereocenters. The average Bonchev–Trinajstić information content (AvgIpc) is 2.77. The molecule has 0 aliphatic carbocycles. The van der Waals surface area contributed by atoms with E-state index in [-0.39, 0.29) is 11.7 Å². The van der Waals surface area contributed by atoms with Crippen LogP contribution in [0.2, 0.25) is 0 Å². The Morgan fingerprint density at radius 3 is 3.00 bits per heavy atom. The number of aromatic hydroxyl groups is 1. The van der Waals surface area contributed by atoms with Gasteiger partial charge in [0.15, 0.2) is 5.17 Å². The zero-order valence-electron chi connectivity index (χ0n) is 9.58. The Morgan fingerprint density at radius 1 is 1.56 bits per heavy atom. The molecule has 2 N–H and O–H groups in total. The van der Waals surface area contributed by atoms with Crippen LogP contribution in [0.25, 0.3) is 0 Å². The van der Waals surface area contributed by atoms with Gasteiger partial charge in [0.25, 0.3) is 0 Å². The molecule has 18 heavy (non-hydrogen) atoms. The Bertz CT molecular complexity index is 528. The summed E-state index contributed by atoms with van der Waals surface area (Å²) in [6, 6.07) is 4.86. The predicted octanol–water partition coefficient (Wildman–Crippen LogP) is 0.954. The first-order valence-electron chi connectivity index (χ1n) is 5.09. The van der Waals surface area contributed by atoms with E-state index in [0.29, 0.717) is 22.2 Å². The lowest BCUT2D eigenvalue weighted by Gasteiger charge is -2.01. The Labute approximate surface area is 108 Å². The van der Waals surface area contributed by atoms with Crippen molar-refractivity contribution in [2.75, 3.05) is 12.9 Å². The van der Waals surface area contributed by atoms with Crippen molar-refractivity contribution in [2.24, 2.45) is 10.2 Å². The van der Waals surface area contributed by atoms with Crippen LogP contribution < -0.4 is 10.1 Å². The number of rotatable bonds is 3. The lowest BCUT2D eigenvalue weighted by atomic mass is 10.2. The van der Waals surface area contributed by atoms with Gasteiger partial charge in [0.1, 0.15) is 11.5 Å². The summed E-state index contributed by atoms with van der Waals surface area (Å²) in [7, 11) is 1.52. The fourth-order valence-corrected chi connectivity index (χ4v) is 1.91. The van der Waals surface area contributed by atoms with Crippen molar-refractivity contribution in [3.63, 3.8) is 0 Å². The molecule has 6 nitrogen and oxygen atoms in total. The smallest absolute Gasteiger partial charge is 0.236 e. The molecule has 0 bridgehead atoms. The summed E-state index contributed by atoms with van der Waals surface area (Å²) in [5.74, 6) is 0.902. The highest BCUT2D eigenvalue weighted by Crippen LogP contribution is 2.21. The van der Waals surface area contributed by atoms with E-state index >= 15 is 0 Å². The van der Waals surface area contributed by atoms with Gasteiger partial charge in [-0.15, -0.1) is 5.10 Å². The number of ether oxygens (including phenoxy) is 1. The second kappa shape index (κ2) is 5.54. The number of amidine groups is 1. The second-order valence-corrected chi connectivity index (χ2v) is 4.38. The molecule has 7 heteroatoms. The molecule has 1 fully saturated rings. The Kier molecular flexibility index (Phi) is 3.83. The zero-order valence-corrected chi connectivity index (χ0v) is 10.4. The van der Waals surface area contributed by atoms with Gasteiger partial charge in [0, 0.05) is 11.6 Å². The highest BCUT2D eigenvalue weighted by molar-refractivity contribution is 8.15. The van der Waals surface area contributed by atoms with Crippen LogP contribution in [0.4, 0.5) is 0 Å². The molecule has 0 radical (unpaired) electrons. The van der Waals surface area contributed by atoms with Gasteiger partial charge in [-0.2, -0.15) is 5.10 Å². The lowest BCUT2D eigenvalue weighted by molar-refractivity contribution is -0.116. The van der Waals surface area contributed by atoms with E-state index in [1.165, 1.54) is 31.2 Å². The number of phenolic OH excluding ortho intramolecular Hbond substituents is 1. The molecule has 0 spiro atoms. The summed E-state index contributed by atoms with van der Waals surface area (Å²) >= 11 is 1.29. The highest BCUT2D eigenvalue weighted by atomic mass is 32.2. The molecule has 94 valence electrons. The number of hydrogen-bond acceptors (Lipinski definition) is 6. The molecular weight excluding hydrogens is 254 g/mol. The summed E-state index contributed by atoms with van der Waals surface area (Å²) in [6.07, 6.45) is 1.41. The number of carbonyl (C=O) groups excluding carboxylic acids is 1. The SMILES string of the molecule is COc1ccc(C=NN=C2NC(=O)CS2)c(O)c1. The van der Waals surface area contributed by atoms with Crippen molar-refractivity contribution in [1.29, 1.82) is 0 Å². The third kappa shape index (κ3) is 3.01. The predicted molar refractivity (Wildman–Crippen MR) is 70.3 cm³/mol. The minimum Gasteiger partial charge on any atom is -0.507 e. The Hall–Kier alpha value is -2.02. The number of phenols is 1. The van der Waals surface area contributed by atoms with Crippen LogP contribution in [0.1, 0.15) is 5.56 Å². The maximum atomic E-state index is 10.9. The van der Waals surface area contributed by atoms with Gasteiger partial charge in [0.05, 0.1) is 19.1 Å². The molecular formula is C11H11N3O3S. The molecule has 1 heterocycles. The third-order valence-electron chi connectivity index (χ3n) is 2.17. The number of thioether (sulfide) groups is 1. The minimum absolute atomic E-state index is 0.0569. The number of hydrogen-bond donors (Lipinski definition) is 2. The van der Waals surface area contributed by atoms with Gasteiger partial charge in [-0.05, 0) is 12.1 Å². The fourth-order valence-electron chi connectivity index (χ4n) is 1.28. The van der Waals surface area contributed by atoms with Crippen LogP contribution in [-0.2, 0) is 4.79 Å². The quantitative estimate of drug-likeness (QED) is 0.629. The lowest BCUT2D eigenvalue weighted by Crippen LogP contribution is -2.19. The van der Waals surface area contributed by atoms with Crippen LogP contribution >= 0.6 is 11.8 Å². The van der Waals surface area contributed by atoms with Gasteiger partial charge in [-0.3, -0.25) is 4.79 Å². The Morgan fingerprint density at radius 2 is 2.39 bits per heavy atom. The van der Waals surface area contributed by atoms with Crippen LogP contribution in [0, 0.1) is 0 Å². The Balaban J connectivity index is 2.07. The molecule has 0 aromatic heterocycles. The third-order valence-corrected chi connectivity index (χ3v) is 3.03. The van der Waals surface area contributed by atoms with E-state index < -0.39 is 0 Å². The molecule has 2 rings (SSSR count). The average molecular weight is 265 g/mol.